The van der Waals surface area contributed by atoms with Crippen molar-refractivity contribution in [1.29, 1.82) is 0 Å². The minimum Gasteiger partial charge on any atom is -0.461 e. The van der Waals surface area contributed by atoms with Gasteiger partial charge in [0.15, 0.2) is 0 Å². The molecule has 1 aromatic rings. The van der Waals surface area contributed by atoms with Crippen LogP contribution in [0.2, 0.25) is 0 Å². The SMILES string of the molecule is C[C@@H]1CCC=C2C[C@H]3OC(=O)[C@@H](CN4CCN(Cc5ccccc5)CC4)[C@H]3[C@H](O)[C@@]21C. The lowest BCUT2D eigenvalue weighted by Gasteiger charge is -2.52. The Morgan fingerprint density at radius 1 is 1.13 bits per heavy atom. The van der Waals surface area contributed by atoms with E-state index in [2.05, 4.69) is 60.1 Å². The highest BCUT2D eigenvalue weighted by Gasteiger charge is 2.59. The zero-order chi connectivity index (χ0) is 21.6. The van der Waals surface area contributed by atoms with Gasteiger partial charge in [0.25, 0.3) is 0 Å². The zero-order valence-corrected chi connectivity index (χ0v) is 18.9. The van der Waals surface area contributed by atoms with Crippen molar-refractivity contribution in [3.63, 3.8) is 0 Å². The molecule has 3 fully saturated rings. The van der Waals surface area contributed by atoms with Gasteiger partial charge in [0.1, 0.15) is 6.10 Å². The first kappa shape index (κ1) is 21.2. The molecule has 2 aliphatic heterocycles. The lowest BCUT2D eigenvalue weighted by molar-refractivity contribution is -0.145. The van der Waals surface area contributed by atoms with E-state index in [1.165, 1.54) is 11.1 Å². The molecule has 1 saturated carbocycles. The number of nitrogens with zero attached hydrogens (tertiary/aromatic N) is 2. The van der Waals surface area contributed by atoms with E-state index in [4.69, 9.17) is 4.74 Å². The van der Waals surface area contributed by atoms with Crippen molar-refractivity contribution in [2.24, 2.45) is 23.2 Å². The molecule has 1 aromatic carbocycles. The van der Waals surface area contributed by atoms with Crippen LogP contribution in [0.4, 0.5) is 0 Å². The van der Waals surface area contributed by atoms with Gasteiger partial charge >= 0.3 is 5.97 Å². The van der Waals surface area contributed by atoms with Crippen LogP contribution in [0.25, 0.3) is 0 Å². The molecule has 0 aromatic heterocycles. The topological polar surface area (TPSA) is 53.0 Å². The summed E-state index contributed by atoms with van der Waals surface area (Å²) in [5.74, 6) is 0.0309. The second kappa shape index (κ2) is 8.34. The molecule has 4 aliphatic rings. The fourth-order valence-corrected chi connectivity index (χ4v) is 6.52. The van der Waals surface area contributed by atoms with Crippen molar-refractivity contribution in [2.75, 3.05) is 32.7 Å². The van der Waals surface area contributed by atoms with Gasteiger partial charge in [-0.3, -0.25) is 14.6 Å². The van der Waals surface area contributed by atoms with Gasteiger partial charge in [-0.15, -0.1) is 0 Å². The Morgan fingerprint density at radius 3 is 2.58 bits per heavy atom. The molecule has 1 N–H and O–H groups in total. The molecule has 2 heterocycles. The third-order valence-electron chi connectivity index (χ3n) is 8.74. The van der Waals surface area contributed by atoms with E-state index in [1.807, 2.05) is 0 Å². The number of benzene rings is 1. The van der Waals surface area contributed by atoms with Crippen LogP contribution in [0.15, 0.2) is 42.0 Å². The number of hydrogen-bond donors (Lipinski definition) is 1. The summed E-state index contributed by atoms with van der Waals surface area (Å²) in [6.45, 7) is 10.1. The Balaban J connectivity index is 1.24. The van der Waals surface area contributed by atoms with Gasteiger partial charge in [0.05, 0.1) is 12.0 Å². The van der Waals surface area contributed by atoms with Crippen LogP contribution in [-0.4, -0.2) is 65.8 Å². The smallest absolute Gasteiger partial charge is 0.311 e. The van der Waals surface area contributed by atoms with Gasteiger partial charge in [-0.05, 0) is 24.3 Å². The number of fused-ring (bicyclic) bond motifs is 2. The van der Waals surface area contributed by atoms with Crippen molar-refractivity contribution >= 4 is 5.97 Å². The maximum absolute atomic E-state index is 12.9. The largest absolute Gasteiger partial charge is 0.461 e. The van der Waals surface area contributed by atoms with E-state index in [9.17, 15) is 9.90 Å². The molecule has 0 amide bonds. The van der Waals surface area contributed by atoms with Crippen molar-refractivity contribution in [3.8, 4) is 0 Å². The van der Waals surface area contributed by atoms with Crippen LogP contribution in [0, 0.1) is 23.2 Å². The molecule has 5 rings (SSSR count). The van der Waals surface area contributed by atoms with Gasteiger partial charge in [-0.1, -0.05) is 55.8 Å². The first-order valence-electron chi connectivity index (χ1n) is 12.0. The minimum atomic E-state index is -0.511. The number of esters is 1. The average molecular weight is 425 g/mol. The first-order chi connectivity index (χ1) is 15.0. The Labute approximate surface area is 186 Å². The standard InChI is InChI=1S/C26H36N2O3/c1-18-7-6-10-20-15-22-23(24(29)26(18,20)2)21(25(30)31-22)17-28-13-11-27(12-14-28)16-19-8-4-3-5-9-19/h3-5,8-10,18,21-24,29H,6-7,11-17H2,1-2H3/t18-,21+,22-,23-,24+,26-/m1/s1. The van der Waals surface area contributed by atoms with Crippen LogP contribution in [0.1, 0.15) is 38.7 Å². The lowest BCUT2D eigenvalue weighted by atomic mass is 9.55. The molecule has 2 saturated heterocycles. The van der Waals surface area contributed by atoms with E-state index in [-0.39, 0.29) is 29.3 Å². The molecule has 6 atom stereocenters. The lowest BCUT2D eigenvalue weighted by Crippen LogP contribution is -2.55. The number of hydrogen-bond acceptors (Lipinski definition) is 5. The molecule has 0 unspecified atom stereocenters. The molecule has 0 radical (unpaired) electrons. The third-order valence-corrected chi connectivity index (χ3v) is 8.74. The Kier molecular flexibility index (Phi) is 5.70. The number of aliphatic hydroxyl groups is 1. The average Bonchev–Trinajstić information content (AvgIpc) is 3.07. The molecule has 0 bridgehead atoms. The fraction of sp³-hybridized carbons (Fsp3) is 0.654. The summed E-state index contributed by atoms with van der Waals surface area (Å²) in [5.41, 5.74) is 2.44. The predicted octanol–water partition coefficient (Wildman–Crippen LogP) is 3.09. The Morgan fingerprint density at radius 2 is 1.84 bits per heavy atom. The number of aliphatic hydroxyl groups excluding tert-OH is 1. The second-order valence-electron chi connectivity index (χ2n) is 10.4. The van der Waals surface area contributed by atoms with Crippen LogP contribution < -0.4 is 0 Å². The quantitative estimate of drug-likeness (QED) is 0.595. The number of rotatable bonds is 4. The second-order valence-corrected chi connectivity index (χ2v) is 10.4. The van der Waals surface area contributed by atoms with E-state index in [1.54, 1.807) is 0 Å². The maximum atomic E-state index is 12.9. The van der Waals surface area contributed by atoms with Crippen LogP contribution in [-0.2, 0) is 16.1 Å². The summed E-state index contributed by atoms with van der Waals surface area (Å²) in [6.07, 6.45) is 4.61. The normalized spacial score (nSPS) is 38.9. The van der Waals surface area contributed by atoms with Gasteiger partial charge in [-0.25, -0.2) is 0 Å². The highest BCUT2D eigenvalue weighted by Crippen LogP contribution is 2.56. The molecule has 5 nitrogen and oxygen atoms in total. The Bertz CT molecular complexity index is 832. The Hall–Kier alpha value is -1.69. The number of ether oxygens (including phenoxy) is 1. The first-order valence-corrected chi connectivity index (χ1v) is 12.0. The molecule has 168 valence electrons. The maximum Gasteiger partial charge on any atom is 0.311 e. The number of carbonyl (C=O) groups excluding carboxylic acids is 1. The fourth-order valence-electron chi connectivity index (χ4n) is 6.52. The van der Waals surface area contributed by atoms with Gasteiger partial charge < -0.3 is 9.84 Å². The van der Waals surface area contributed by atoms with Crippen molar-refractivity contribution in [2.45, 2.75) is 51.9 Å². The molecule has 0 spiro atoms. The molecular weight excluding hydrogens is 388 g/mol. The zero-order valence-electron chi connectivity index (χ0n) is 18.9. The van der Waals surface area contributed by atoms with Crippen molar-refractivity contribution < 1.29 is 14.6 Å². The summed E-state index contributed by atoms with van der Waals surface area (Å²) in [4.78, 5) is 17.8. The summed E-state index contributed by atoms with van der Waals surface area (Å²) >= 11 is 0. The van der Waals surface area contributed by atoms with Crippen LogP contribution in [0.5, 0.6) is 0 Å². The summed E-state index contributed by atoms with van der Waals surface area (Å²) in [5, 5.41) is 11.5. The van der Waals surface area contributed by atoms with E-state index >= 15 is 0 Å². The summed E-state index contributed by atoms with van der Waals surface area (Å²) in [6, 6.07) is 10.6. The van der Waals surface area contributed by atoms with Crippen LogP contribution in [0.3, 0.4) is 0 Å². The highest BCUT2D eigenvalue weighted by atomic mass is 16.6. The summed E-state index contributed by atoms with van der Waals surface area (Å²) < 4.78 is 5.84. The number of allylic oxidation sites excluding steroid dienone is 1. The number of carbonyl (C=O) groups is 1. The molecule has 5 heteroatoms. The van der Waals surface area contributed by atoms with Gasteiger partial charge in [0.2, 0.25) is 0 Å². The predicted molar refractivity (Wildman–Crippen MR) is 120 cm³/mol. The monoisotopic (exact) mass is 424 g/mol. The van der Waals surface area contributed by atoms with Crippen molar-refractivity contribution in [1.82, 2.24) is 9.80 Å². The van der Waals surface area contributed by atoms with Gasteiger partial charge in [-0.2, -0.15) is 0 Å². The van der Waals surface area contributed by atoms with Crippen LogP contribution >= 0.6 is 0 Å². The number of piperazine rings is 1. The molecular formula is C26H36N2O3. The molecule has 31 heavy (non-hydrogen) atoms. The van der Waals surface area contributed by atoms with E-state index < -0.39 is 6.10 Å². The van der Waals surface area contributed by atoms with E-state index in [0.29, 0.717) is 12.5 Å². The molecule has 2 aliphatic carbocycles. The van der Waals surface area contributed by atoms with Gasteiger partial charge in [0, 0.05) is 57.0 Å². The van der Waals surface area contributed by atoms with E-state index in [0.717, 1.165) is 52.0 Å². The highest BCUT2D eigenvalue weighted by molar-refractivity contribution is 5.76. The van der Waals surface area contributed by atoms with Crippen molar-refractivity contribution in [3.05, 3.63) is 47.5 Å². The third kappa shape index (κ3) is 3.75. The summed E-state index contributed by atoms with van der Waals surface area (Å²) in [7, 11) is 0. The minimum absolute atomic E-state index is 0.0856.